The molecule has 2 rings (SSSR count). The number of rotatable bonds is 3. The first-order valence-electron chi connectivity index (χ1n) is 5.87. The summed E-state index contributed by atoms with van der Waals surface area (Å²) in [6, 6.07) is 9.35. The predicted octanol–water partition coefficient (Wildman–Crippen LogP) is 5.76. The Morgan fingerprint density at radius 1 is 1.35 bits per heavy atom. The molecule has 2 aromatic rings. The zero-order chi connectivity index (χ0) is 14.9. The van der Waals surface area contributed by atoms with E-state index in [1.54, 1.807) is 11.9 Å². The van der Waals surface area contributed by atoms with Crippen molar-refractivity contribution in [3.63, 3.8) is 0 Å². The van der Waals surface area contributed by atoms with Gasteiger partial charge in [0.2, 0.25) is 0 Å². The van der Waals surface area contributed by atoms with Gasteiger partial charge in [0.15, 0.2) is 0 Å². The number of hydrogen-bond donors (Lipinski definition) is 0. The first-order valence-corrected chi connectivity index (χ1v) is 8.65. The van der Waals surface area contributed by atoms with Crippen LogP contribution in [0.2, 0.25) is 5.02 Å². The highest BCUT2D eigenvalue weighted by atomic mass is 79.9. The van der Waals surface area contributed by atoms with E-state index in [1.165, 1.54) is 11.3 Å². The first-order chi connectivity index (χ1) is 9.40. The summed E-state index contributed by atoms with van der Waals surface area (Å²) >= 11 is 14.3. The van der Waals surface area contributed by atoms with Crippen LogP contribution in [0.15, 0.2) is 37.9 Å². The Morgan fingerprint density at radius 2 is 2.05 bits per heavy atom. The standard InChI is InChI=1S/C14H12Br2ClNOS/c1-8(9-4-3-5-10(17)6-9)18(2)14(19)11-7-12(15)20-13(11)16/h3-8H,1-2H3. The fraction of sp³-hybridized carbons (Fsp3) is 0.214. The average Bonchev–Trinajstić information content (AvgIpc) is 2.75. The summed E-state index contributed by atoms with van der Waals surface area (Å²) in [4.78, 5) is 14.2. The van der Waals surface area contributed by atoms with Gasteiger partial charge in [0.05, 0.1) is 19.2 Å². The van der Waals surface area contributed by atoms with Crippen LogP contribution in [0.5, 0.6) is 0 Å². The summed E-state index contributed by atoms with van der Waals surface area (Å²) in [6.45, 7) is 1.99. The second kappa shape index (κ2) is 6.60. The van der Waals surface area contributed by atoms with Crippen LogP contribution in [0.3, 0.4) is 0 Å². The van der Waals surface area contributed by atoms with E-state index < -0.39 is 0 Å². The molecule has 6 heteroatoms. The van der Waals surface area contributed by atoms with Crippen molar-refractivity contribution < 1.29 is 4.79 Å². The van der Waals surface area contributed by atoms with Crippen LogP contribution in [-0.4, -0.2) is 17.9 Å². The molecule has 2 nitrogen and oxygen atoms in total. The zero-order valence-electron chi connectivity index (χ0n) is 10.9. The minimum atomic E-state index is -0.0493. The molecule has 0 saturated carbocycles. The van der Waals surface area contributed by atoms with E-state index >= 15 is 0 Å². The minimum Gasteiger partial charge on any atom is -0.335 e. The smallest absolute Gasteiger partial charge is 0.256 e. The lowest BCUT2D eigenvalue weighted by atomic mass is 10.1. The van der Waals surface area contributed by atoms with E-state index in [0.717, 1.165) is 13.1 Å². The predicted molar refractivity (Wildman–Crippen MR) is 91.7 cm³/mol. The Kier molecular flexibility index (Phi) is 5.29. The number of hydrogen-bond acceptors (Lipinski definition) is 2. The molecule has 0 aliphatic rings. The van der Waals surface area contributed by atoms with Crippen molar-refractivity contribution in [2.75, 3.05) is 7.05 Å². The highest BCUT2D eigenvalue weighted by Crippen LogP contribution is 2.33. The second-order valence-electron chi connectivity index (χ2n) is 4.38. The Balaban J connectivity index is 2.24. The van der Waals surface area contributed by atoms with E-state index in [1.807, 2.05) is 37.3 Å². The van der Waals surface area contributed by atoms with E-state index in [-0.39, 0.29) is 11.9 Å². The molecule has 0 aliphatic heterocycles. The third kappa shape index (κ3) is 3.45. The average molecular weight is 438 g/mol. The Morgan fingerprint density at radius 3 is 2.60 bits per heavy atom. The van der Waals surface area contributed by atoms with Crippen LogP contribution in [0.1, 0.15) is 28.9 Å². The molecule has 1 atom stereocenters. The van der Waals surface area contributed by atoms with Gasteiger partial charge in [-0.05, 0) is 62.5 Å². The largest absolute Gasteiger partial charge is 0.335 e. The molecule has 0 radical (unpaired) electrons. The Hall–Kier alpha value is -0.360. The maximum absolute atomic E-state index is 12.5. The first kappa shape index (κ1) is 16.0. The molecule has 20 heavy (non-hydrogen) atoms. The lowest BCUT2D eigenvalue weighted by molar-refractivity contribution is 0.0742. The molecule has 106 valence electrons. The molecule has 1 aromatic heterocycles. The monoisotopic (exact) mass is 435 g/mol. The van der Waals surface area contributed by atoms with Gasteiger partial charge in [-0.15, -0.1) is 11.3 Å². The van der Waals surface area contributed by atoms with Gasteiger partial charge < -0.3 is 4.90 Å². The number of benzene rings is 1. The summed E-state index contributed by atoms with van der Waals surface area (Å²) in [5, 5.41) is 0.676. The number of nitrogens with zero attached hydrogens (tertiary/aromatic N) is 1. The van der Waals surface area contributed by atoms with Crippen molar-refractivity contribution in [1.29, 1.82) is 0 Å². The molecule has 0 spiro atoms. The van der Waals surface area contributed by atoms with Gasteiger partial charge in [-0.25, -0.2) is 0 Å². The van der Waals surface area contributed by atoms with Crippen molar-refractivity contribution in [3.05, 3.63) is 54.1 Å². The normalized spacial score (nSPS) is 12.2. The summed E-state index contributed by atoms with van der Waals surface area (Å²) in [5.41, 5.74) is 1.68. The van der Waals surface area contributed by atoms with Crippen molar-refractivity contribution in [2.24, 2.45) is 0 Å². The molecule has 0 N–H and O–H groups in total. The van der Waals surface area contributed by atoms with Crippen molar-refractivity contribution >= 4 is 60.7 Å². The quantitative estimate of drug-likeness (QED) is 0.598. The molecular formula is C14H12Br2ClNOS. The fourth-order valence-corrected chi connectivity index (χ4v) is 4.82. The molecule has 0 saturated heterocycles. The highest BCUT2D eigenvalue weighted by molar-refractivity contribution is 9.12. The van der Waals surface area contributed by atoms with E-state index in [9.17, 15) is 4.79 Å². The van der Waals surface area contributed by atoms with Crippen LogP contribution >= 0.6 is 54.8 Å². The fourth-order valence-electron chi connectivity index (χ4n) is 1.84. The number of carbonyl (C=O) groups is 1. The van der Waals surface area contributed by atoms with Crippen LogP contribution in [-0.2, 0) is 0 Å². The molecule has 0 bridgehead atoms. The lowest BCUT2D eigenvalue weighted by Gasteiger charge is -2.25. The summed E-state index contributed by atoms with van der Waals surface area (Å²) in [5.74, 6) is -0.0219. The number of carbonyl (C=O) groups excluding carboxylic acids is 1. The van der Waals surface area contributed by atoms with Gasteiger partial charge in [-0.3, -0.25) is 4.79 Å². The van der Waals surface area contributed by atoms with E-state index in [4.69, 9.17) is 11.6 Å². The minimum absolute atomic E-state index is 0.0219. The van der Waals surface area contributed by atoms with Crippen molar-refractivity contribution in [3.8, 4) is 0 Å². The Bertz CT molecular complexity index is 644. The number of halogens is 3. The van der Waals surface area contributed by atoms with Crippen LogP contribution in [0, 0.1) is 0 Å². The van der Waals surface area contributed by atoms with E-state index in [0.29, 0.717) is 10.6 Å². The van der Waals surface area contributed by atoms with Crippen LogP contribution in [0.25, 0.3) is 0 Å². The SMILES string of the molecule is CC(c1cccc(Cl)c1)N(C)C(=O)c1cc(Br)sc1Br. The van der Waals surface area contributed by atoms with Crippen LogP contribution in [0.4, 0.5) is 0 Å². The third-order valence-electron chi connectivity index (χ3n) is 3.12. The van der Waals surface area contributed by atoms with Crippen molar-refractivity contribution in [1.82, 2.24) is 4.90 Å². The molecule has 1 heterocycles. The second-order valence-corrected chi connectivity index (χ2v) is 8.57. The van der Waals surface area contributed by atoms with Crippen molar-refractivity contribution in [2.45, 2.75) is 13.0 Å². The summed E-state index contributed by atoms with van der Waals surface area (Å²) in [7, 11) is 1.80. The van der Waals surface area contributed by atoms with Gasteiger partial charge in [0.1, 0.15) is 0 Å². The molecular weight excluding hydrogens is 425 g/mol. The van der Waals surface area contributed by atoms with Gasteiger partial charge in [-0.2, -0.15) is 0 Å². The van der Waals surface area contributed by atoms with Gasteiger partial charge in [0.25, 0.3) is 5.91 Å². The van der Waals surface area contributed by atoms with Gasteiger partial charge in [-0.1, -0.05) is 23.7 Å². The van der Waals surface area contributed by atoms with Crippen LogP contribution < -0.4 is 0 Å². The summed E-state index contributed by atoms with van der Waals surface area (Å²) < 4.78 is 1.76. The maximum atomic E-state index is 12.5. The molecule has 1 unspecified atom stereocenters. The van der Waals surface area contributed by atoms with E-state index in [2.05, 4.69) is 31.9 Å². The molecule has 1 amide bonds. The van der Waals surface area contributed by atoms with Gasteiger partial charge in [0, 0.05) is 12.1 Å². The summed E-state index contributed by atoms with van der Waals surface area (Å²) in [6.07, 6.45) is 0. The number of amides is 1. The lowest BCUT2D eigenvalue weighted by Crippen LogP contribution is -2.29. The molecule has 0 fully saturated rings. The topological polar surface area (TPSA) is 20.3 Å². The molecule has 0 aliphatic carbocycles. The third-order valence-corrected chi connectivity index (χ3v) is 5.69. The molecule has 1 aromatic carbocycles. The maximum Gasteiger partial charge on any atom is 0.256 e. The zero-order valence-corrected chi connectivity index (χ0v) is 15.6. The van der Waals surface area contributed by atoms with Gasteiger partial charge >= 0.3 is 0 Å². The highest BCUT2D eigenvalue weighted by Gasteiger charge is 2.22. The Labute approximate surface area is 144 Å². The number of thiophene rings is 1.